The average Bonchev–Trinajstić information content (AvgIpc) is 2.49. The van der Waals surface area contributed by atoms with Gasteiger partial charge in [-0.05, 0) is 25.3 Å². The molecule has 106 valence electrons. The number of fused-ring (bicyclic) bond motifs is 1. The summed E-state index contributed by atoms with van der Waals surface area (Å²) in [6.07, 6.45) is 3.70. The minimum absolute atomic E-state index is 0.0892. The fourth-order valence-electron chi connectivity index (χ4n) is 2.94. The van der Waals surface area contributed by atoms with Gasteiger partial charge in [0.05, 0.1) is 5.69 Å². The number of nitrogens with zero attached hydrogens (tertiary/aromatic N) is 2. The standard InChI is InChI=1S/C16H21N3O/c1-2-10-19-13-9-4-3-8-12(13)14(11-6-5-7-11)18-15(17)16(19)20/h3-4,8-9,11,15H,2,5-7,10,17H2,1H3. The van der Waals surface area contributed by atoms with Gasteiger partial charge in [0.25, 0.3) is 5.91 Å². The van der Waals surface area contributed by atoms with E-state index in [1.807, 2.05) is 18.2 Å². The highest BCUT2D eigenvalue weighted by molar-refractivity contribution is 6.13. The molecule has 3 rings (SSSR count). The van der Waals surface area contributed by atoms with Crippen LogP contribution < -0.4 is 10.6 Å². The van der Waals surface area contributed by atoms with Crippen molar-refractivity contribution in [3.63, 3.8) is 0 Å². The molecule has 0 radical (unpaired) electrons. The third kappa shape index (κ3) is 2.14. The van der Waals surface area contributed by atoms with Gasteiger partial charge in [0.1, 0.15) is 0 Å². The van der Waals surface area contributed by atoms with Gasteiger partial charge in [-0.25, -0.2) is 0 Å². The molecule has 2 N–H and O–H groups in total. The molecule has 0 bridgehead atoms. The van der Waals surface area contributed by atoms with E-state index in [1.165, 1.54) is 6.42 Å². The number of para-hydroxylation sites is 1. The van der Waals surface area contributed by atoms with Gasteiger partial charge in [-0.3, -0.25) is 9.79 Å². The van der Waals surface area contributed by atoms with Crippen LogP contribution in [0.4, 0.5) is 5.69 Å². The molecule has 1 aliphatic heterocycles. The van der Waals surface area contributed by atoms with Gasteiger partial charge in [-0.2, -0.15) is 0 Å². The van der Waals surface area contributed by atoms with Crippen molar-refractivity contribution in [1.82, 2.24) is 0 Å². The molecule has 1 fully saturated rings. The third-order valence-corrected chi connectivity index (χ3v) is 4.21. The lowest BCUT2D eigenvalue weighted by Gasteiger charge is -2.28. The SMILES string of the molecule is CCCN1C(=O)C(N)N=C(C2CCC2)c2ccccc21. The summed E-state index contributed by atoms with van der Waals surface area (Å²) in [5, 5.41) is 0. The van der Waals surface area contributed by atoms with Crippen molar-refractivity contribution in [3.8, 4) is 0 Å². The van der Waals surface area contributed by atoms with Crippen molar-refractivity contribution in [2.24, 2.45) is 16.6 Å². The van der Waals surface area contributed by atoms with Crippen molar-refractivity contribution >= 4 is 17.3 Å². The summed E-state index contributed by atoms with van der Waals surface area (Å²) in [4.78, 5) is 18.8. The van der Waals surface area contributed by atoms with Crippen molar-refractivity contribution in [1.29, 1.82) is 0 Å². The van der Waals surface area contributed by atoms with Crippen molar-refractivity contribution in [2.45, 2.75) is 38.8 Å². The number of anilines is 1. The van der Waals surface area contributed by atoms with Crippen LogP contribution in [0.2, 0.25) is 0 Å². The van der Waals surface area contributed by atoms with Gasteiger partial charge >= 0.3 is 0 Å². The topological polar surface area (TPSA) is 58.7 Å². The minimum atomic E-state index is -0.760. The van der Waals surface area contributed by atoms with Crippen LogP contribution in [0.1, 0.15) is 38.2 Å². The second-order valence-electron chi connectivity index (χ2n) is 5.59. The highest BCUT2D eigenvalue weighted by Crippen LogP contribution is 2.35. The Morgan fingerprint density at radius 1 is 1.35 bits per heavy atom. The van der Waals surface area contributed by atoms with Gasteiger partial charge in [-0.1, -0.05) is 31.5 Å². The Balaban J connectivity index is 2.10. The summed E-state index contributed by atoms with van der Waals surface area (Å²) in [5.41, 5.74) is 9.10. The first kappa shape index (κ1) is 13.3. The van der Waals surface area contributed by atoms with Crippen LogP contribution in [0.25, 0.3) is 0 Å². The predicted octanol–water partition coefficient (Wildman–Crippen LogP) is 2.32. The van der Waals surface area contributed by atoms with E-state index in [4.69, 9.17) is 5.73 Å². The van der Waals surface area contributed by atoms with Gasteiger partial charge in [0.2, 0.25) is 0 Å². The van der Waals surface area contributed by atoms with Crippen LogP contribution >= 0.6 is 0 Å². The zero-order valence-corrected chi connectivity index (χ0v) is 11.9. The summed E-state index contributed by atoms with van der Waals surface area (Å²) in [7, 11) is 0. The number of hydrogen-bond donors (Lipinski definition) is 1. The first-order valence-corrected chi connectivity index (χ1v) is 7.46. The molecule has 1 aromatic rings. The molecule has 4 nitrogen and oxygen atoms in total. The first-order valence-electron chi connectivity index (χ1n) is 7.46. The molecule has 0 saturated heterocycles. The predicted molar refractivity (Wildman–Crippen MR) is 80.9 cm³/mol. The van der Waals surface area contributed by atoms with Crippen molar-refractivity contribution < 1.29 is 4.79 Å². The Labute approximate surface area is 119 Å². The molecule has 20 heavy (non-hydrogen) atoms. The number of rotatable bonds is 3. The Morgan fingerprint density at radius 2 is 2.10 bits per heavy atom. The summed E-state index contributed by atoms with van der Waals surface area (Å²) in [6, 6.07) is 8.07. The number of carbonyl (C=O) groups is 1. The van der Waals surface area contributed by atoms with Crippen LogP contribution in [-0.2, 0) is 4.79 Å². The first-order chi connectivity index (χ1) is 9.72. The van der Waals surface area contributed by atoms with E-state index in [9.17, 15) is 4.79 Å². The van der Waals surface area contributed by atoms with E-state index in [0.717, 1.165) is 36.2 Å². The maximum Gasteiger partial charge on any atom is 0.266 e. The van der Waals surface area contributed by atoms with Crippen LogP contribution in [-0.4, -0.2) is 24.3 Å². The lowest BCUT2D eigenvalue weighted by atomic mass is 9.79. The normalized spacial score (nSPS) is 22.9. The molecule has 1 unspecified atom stereocenters. The molecule has 1 aliphatic carbocycles. The molecule has 1 saturated carbocycles. The summed E-state index contributed by atoms with van der Waals surface area (Å²) in [6.45, 7) is 2.76. The Bertz CT molecular complexity index is 548. The second kappa shape index (κ2) is 5.37. The molecule has 1 aromatic carbocycles. The van der Waals surface area contributed by atoms with Crippen LogP contribution in [0.3, 0.4) is 0 Å². The summed E-state index contributed by atoms with van der Waals surface area (Å²) < 4.78 is 0. The van der Waals surface area contributed by atoms with Crippen LogP contribution in [0, 0.1) is 5.92 Å². The molecule has 0 aromatic heterocycles. The van der Waals surface area contributed by atoms with Gasteiger partial charge in [0.15, 0.2) is 6.17 Å². The smallest absolute Gasteiger partial charge is 0.266 e. The molecule has 1 amide bonds. The fourth-order valence-corrected chi connectivity index (χ4v) is 2.94. The van der Waals surface area contributed by atoms with E-state index >= 15 is 0 Å². The van der Waals surface area contributed by atoms with Crippen LogP contribution in [0.15, 0.2) is 29.3 Å². The molecule has 4 heteroatoms. The van der Waals surface area contributed by atoms with Crippen molar-refractivity contribution in [3.05, 3.63) is 29.8 Å². The van der Waals surface area contributed by atoms with Gasteiger partial charge in [0, 0.05) is 23.7 Å². The van der Waals surface area contributed by atoms with Gasteiger partial charge in [-0.15, -0.1) is 0 Å². The molecular formula is C16H21N3O. The Hall–Kier alpha value is -1.68. The highest BCUT2D eigenvalue weighted by atomic mass is 16.2. The van der Waals surface area contributed by atoms with Crippen molar-refractivity contribution in [2.75, 3.05) is 11.4 Å². The minimum Gasteiger partial charge on any atom is -0.309 e. The molecular weight excluding hydrogens is 250 g/mol. The van der Waals surface area contributed by atoms with Crippen LogP contribution in [0.5, 0.6) is 0 Å². The molecule has 2 aliphatic rings. The number of benzene rings is 1. The maximum absolute atomic E-state index is 12.5. The number of carbonyl (C=O) groups excluding carboxylic acids is 1. The largest absolute Gasteiger partial charge is 0.309 e. The van der Waals surface area contributed by atoms with E-state index in [1.54, 1.807) is 4.90 Å². The quantitative estimate of drug-likeness (QED) is 0.917. The number of hydrogen-bond acceptors (Lipinski definition) is 3. The third-order valence-electron chi connectivity index (χ3n) is 4.21. The highest BCUT2D eigenvalue weighted by Gasteiger charge is 2.33. The zero-order valence-electron chi connectivity index (χ0n) is 11.9. The summed E-state index contributed by atoms with van der Waals surface area (Å²) >= 11 is 0. The average molecular weight is 271 g/mol. The van der Waals surface area contributed by atoms with E-state index < -0.39 is 6.17 Å². The Kier molecular flexibility index (Phi) is 3.57. The monoisotopic (exact) mass is 271 g/mol. The zero-order chi connectivity index (χ0) is 14.1. The van der Waals surface area contributed by atoms with E-state index in [0.29, 0.717) is 12.5 Å². The fraction of sp³-hybridized carbons (Fsp3) is 0.500. The number of nitrogens with two attached hydrogens (primary N) is 1. The second-order valence-corrected chi connectivity index (χ2v) is 5.59. The molecule has 1 atom stereocenters. The Morgan fingerprint density at radius 3 is 2.75 bits per heavy atom. The van der Waals surface area contributed by atoms with Gasteiger partial charge < -0.3 is 10.6 Å². The lowest BCUT2D eigenvalue weighted by Crippen LogP contribution is -2.42. The lowest BCUT2D eigenvalue weighted by molar-refractivity contribution is -0.119. The summed E-state index contributed by atoms with van der Waals surface area (Å²) in [5.74, 6) is 0.380. The number of amides is 1. The maximum atomic E-state index is 12.5. The molecule has 0 spiro atoms. The number of aliphatic imine (C=N–C) groups is 1. The van der Waals surface area contributed by atoms with E-state index in [2.05, 4.69) is 18.0 Å². The molecule has 1 heterocycles. The number of benzodiazepines with no additional fused rings is 1. The van der Waals surface area contributed by atoms with E-state index in [-0.39, 0.29) is 5.91 Å².